The van der Waals surface area contributed by atoms with Crippen LogP contribution in [0.5, 0.6) is 0 Å². The van der Waals surface area contributed by atoms with Crippen molar-refractivity contribution in [2.45, 2.75) is 120 Å². The fraction of sp³-hybridized carbons (Fsp3) is 0.920. The normalized spacial score (nSPS) is 12.6. The van der Waals surface area contributed by atoms with Gasteiger partial charge >= 0.3 is 0 Å². The van der Waals surface area contributed by atoms with Crippen molar-refractivity contribution in [1.82, 2.24) is 5.32 Å². The summed E-state index contributed by atoms with van der Waals surface area (Å²) in [6.45, 7) is 21.6. The molecule has 0 rings (SSSR count). The van der Waals surface area contributed by atoms with E-state index < -0.39 is 0 Å². The standard InChI is InChI=1S/C25H50N2O2/c1-23(2,3)16-12-13-17-26-22(28)15-11-10-14-18-29-27-21(19-24(4,5)6)20-25(7,8)9/h10-20H2,1-9H3,(H,26,28). The van der Waals surface area contributed by atoms with E-state index in [-0.39, 0.29) is 16.7 Å². The van der Waals surface area contributed by atoms with Crippen molar-refractivity contribution in [1.29, 1.82) is 0 Å². The Bertz CT molecular complexity index is 459. The molecular weight excluding hydrogens is 360 g/mol. The van der Waals surface area contributed by atoms with Crippen molar-refractivity contribution >= 4 is 11.6 Å². The van der Waals surface area contributed by atoms with Crippen LogP contribution < -0.4 is 5.32 Å². The number of oxime groups is 1. The number of amides is 1. The molecule has 0 aromatic heterocycles. The predicted molar refractivity (Wildman–Crippen MR) is 126 cm³/mol. The number of hydrogen-bond acceptors (Lipinski definition) is 3. The summed E-state index contributed by atoms with van der Waals surface area (Å²) < 4.78 is 0. The smallest absolute Gasteiger partial charge is 0.219 e. The molecule has 0 spiro atoms. The number of hydrogen-bond donors (Lipinski definition) is 1. The van der Waals surface area contributed by atoms with Gasteiger partial charge in [0.1, 0.15) is 6.61 Å². The van der Waals surface area contributed by atoms with E-state index in [2.05, 4.69) is 72.8 Å². The fourth-order valence-electron chi connectivity index (χ4n) is 3.21. The zero-order valence-electron chi connectivity index (χ0n) is 21.0. The van der Waals surface area contributed by atoms with Crippen LogP contribution in [0.25, 0.3) is 0 Å². The average molecular weight is 411 g/mol. The van der Waals surface area contributed by atoms with Crippen LogP contribution in [0.1, 0.15) is 120 Å². The van der Waals surface area contributed by atoms with Crippen LogP contribution in [0, 0.1) is 16.2 Å². The van der Waals surface area contributed by atoms with E-state index in [0.29, 0.717) is 18.4 Å². The molecule has 0 aromatic rings. The molecule has 4 heteroatoms. The molecule has 0 aliphatic rings. The highest BCUT2D eigenvalue weighted by Gasteiger charge is 2.20. The van der Waals surface area contributed by atoms with Gasteiger partial charge in [-0.15, -0.1) is 0 Å². The van der Waals surface area contributed by atoms with Crippen molar-refractivity contribution < 1.29 is 9.63 Å². The molecule has 0 unspecified atom stereocenters. The summed E-state index contributed by atoms with van der Waals surface area (Å²) in [5.74, 6) is 0.178. The SMILES string of the molecule is CC(C)(C)CCCCNC(=O)CCCCCON=C(CC(C)(C)C)CC(C)(C)C. The molecule has 0 aromatic carbocycles. The summed E-state index contributed by atoms with van der Waals surface area (Å²) in [6, 6.07) is 0. The zero-order chi connectivity index (χ0) is 22.6. The maximum Gasteiger partial charge on any atom is 0.219 e. The molecule has 0 radical (unpaired) electrons. The van der Waals surface area contributed by atoms with Crippen molar-refractivity contribution in [2.75, 3.05) is 13.2 Å². The highest BCUT2D eigenvalue weighted by atomic mass is 16.6. The summed E-state index contributed by atoms with van der Waals surface area (Å²) in [5.41, 5.74) is 1.97. The van der Waals surface area contributed by atoms with Gasteiger partial charge in [0, 0.05) is 13.0 Å². The average Bonchev–Trinajstić information content (AvgIpc) is 2.49. The minimum atomic E-state index is 0.178. The lowest BCUT2D eigenvalue weighted by atomic mass is 9.82. The molecule has 4 nitrogen and oxygen atoms in total. The minimum Gasteiger partial charge on any atom is -0.396 e. The number of carbonyl (C=O) groups excluding carboxylic acids is 1. The van der Waals surface area contributed by atoms with Gasteiger partial charge in [0.15, 0.2) is 0 Å². The lowest BCUT2D eigenvalue weighted by Gasteiger charge is -2.24. The van der Waals surface area contributed by atoms with Gasteiger partial charge in [0.2, 0.25) is 5.91 Å². The number of nitrogens with zero attached hydrogens (tertiary/aromatic N) is 1. The van der Waals surface area contributed by atoms with Gasteiger partial charge < -0.3 is 10.2 Å². The number of carbonyl (C=O) groups is 1. The Labute approximate surface area is 181 Å². The van der Waals surface area contributed by atoms with Crippen molar-refractivity contribution in [3.8, 4) is 0 Å². The van der Waals surface area contributed by atoms with E-state index >= 15 is 0 Å². The van der Waals surface area contributed by atoms with Crippen molar-refractivity contribution in [3.63, 3.8) is 0 Å². The van der Waals surface area contributed by atoms with Crippen molar-refractivity contribution in [2.24, 2.45) is 21.4 Å². The summed E-state index contributed by atoms with van der Waals surface area (Å²) in [7, 11) is 0. The highest BCUT2D eigenvalue weighted by molar-refractivity contribution is 5.85. The van der Waals surface area contributed by atoms with E-state index in [1.807, 2.05) is 0 Å². The van der Waals surface area contributed by atoms with Gasteiger partial charge in [-0.05, 0) is 61.2 Å². The molecular formula is C25H50N2O2. The molecule has 0 atom stereocenters. The van der Waals surface area contributed by atoms with Crippen LogP contribution in [-0.2, 0) is 9.63 Å². The maximum absolute atomic E-state index is 11.9. The lowest BCUT2D eigenvalue weighted by Crippen LogP contribution is -2.24. The molecule has 0 aliphatic heterocycles. The first-order valence-corrected chi connectivity index (χ1v) is 11.6. The third-order valence-corrected chi connectivity index (χ3v) is 4.48. The van der Waals surface area contributed by atoms with Crippen LogP contribution in [0.2, 0.25) is 0 Å². The summed E-state index contributed by atoms with van der Waals surface area (Å²) in [4.78, 5) is 17.5. The second-order valence-corrected chi connectivity index (χ2v) is 12.1. The van der Waals surface area contributed by atoms with Crippen LogP contribution >= 0.6 is 0 Å². The molecule has 0 aliphatic carbocycles. The third-order valence-electron chi connectivity index (χ3n) is 4.48. The third kappa shape index (κ3) is 21.5. The summed E-state index contributed by atoms with van der Waals surface area (Å²) in [5, 5.41) is 7.48. The van der Waals surface area contributed by atoms with E-state index in [9.17, 15) is 4.79 Å². The molecule has 29 heavy (non-hydrogen) atoms. The Kier molecular flexibility index (Phi) is 12.8. The molecule has 0 bridgehead atoms. The Morgan fingerprint density at radius 2 is 1.34 bits per heavy atom. The van der Waals surface area contributed by atoms with Gasteiger partial charge in [-0.1, -0.05) is 73.9 Å². The number of nitrogens with one attached hydrogen (secondary N) is 1. The number of rotatable bonds is 13. The van der Waals surface area contributed by atoms with Crippen LogP contribution in [0.15, 0.2) is 5.16 Å². The summed E-state index contributed by atoms with van der Waals surface area (Å²) in [6.07, 6.45) is 8.84. The minimum absolute atomic E-state index is 0.178. The number of unbranched alkanes of at least 4 members (excludes halogenated alkanes) is 3. The second kappa shape index (κ2) is 13.3. The lowest BCUT2D eigenvalue weighted by molar-refractivity contribution is -0.121. The molecule has 0 heterocycles. The largest absolute Gasteiger partial charge is 0.396 e. The van der Waals surface area contributed by atoms with Gasteiger partial charge in [-0.3, -0.25) is 4.79 Å². The van der Waals surface area contributed by atoms with E-state index in [1.165, 1.54) is 12.8 Å². The molecule has 1 N–H and O–H groups in total. The maximum atomic E-state index is 11.9. The fourth-order valence-corrected chi connectivity index (χ4v) is 3.21. The van der Waals surface area contributed by atoms with Crippen LogP contribution in [-0.4, -0.2) is 24.8 Å². The molecule has 0 saturated heterocycles. The first-order valence-electron chi connectivity index (χ1n) is 11.6. The van der Waals surface area contributed by atoms with Crippen LogP contribution in [0.4, 0.5) is 0 Å². The monoisotopic (exact) mass is 410 g/mol. The zero-order valence-corrected chi connectivity index (χ0v) is 21.0. The molecule has 0 saturated carbocycles. The van der Waals surface area contributed by atoms with E-state index in [4.69, 9.17) is 4.84 Å². The van der Waals surface area contributed by atoms with Gasteiger partial charge in [-0.2, -0.15) is 0 Å². The highest BCUT2D eigenvalue weighted by Crippen LogP contribution is 2.27. The predicted octanol–water partition coefficient (Wildman–Crippen LogP) is 7.12. The molecule has 1 amide bonds. The Morgan fingerprint density at radius 3 is 1.86 bits per heavy atom. The quantitative estimate of drug-likeness (QED) is 0.199. The summed E-state index contributed by atoms with van der Waals surface area (Å²) >= 11 is 0. The van der Waals surface area contributed by atoms with Crippen LogP contribution in [0.3, 0.4) is 0 Å². The van der Waals surface area contributed by atoms with Gasteiger partial charge in [0.05, 0.1) is 5.71 Å². The molecule has 0 fully saturated rings. The van der Waals surface area contributed by atoms with Gasteiger partial charge in [-0.25, -0.2) is 0 Å². The first kappa shape index (κ1) is 27.9. The first-order chi connectivity index (χ1) is 13.2. The van der Waals surface area contributed by atoms with Gasteiger partial charge in [0.25, 0.3) is 0 Å². The van der Waals surface area contributed by atoms with E-state index in [1.54, 1.807) is 0 Å². The second-order valence-electron chi connectivity index (χ2n) is 12.1. The Hall–Kier alpha value is -1.06. The van der Waals surface area contributed by atoms with Crippen molar-refractivity contribution in [3.05, 3.63) is 0 Å². The Morgan fingerprint density at radius 1 is 0.759 bits per heavy atom. The topological polar surface area (TPSA) is 50.7 Å². The van der Waals surface area contributed by atoms with E-state index in [0.717, 1.165) is 50.8 Å². The molecule has 172 valence electrons. The Balaban J connectivity index is 3.90.